The second kappa shape index (κ2) is 5.51. The van der Waals surface area contributed by atoms with E-state index in [9.17, 15) is 0 Å². The molecule has 1 atom stereocenters. The van der Waals surface area contributed by atoms with Crippen LogP contribution in [0.2, 0.25) is 6.82 Å². The summed E-state index contributed by atoms with van der Waals surface area (Å²) >= 11 is 0. The molecule has 2 aromatic carbocycles. The summed E-state index contributed by atoms with van der Waals surface area (Å²) in [4.78, 5) is 3.55. The van der Waals surface area contributed by atoms with E-state index in [1.165, 1.54) is 0 Å². The van der Waals surface area contributed by atoms with Crippen molar-refractivity contribution in [3.63, 3.8) is 0 Å². The standard InChI is InChI=1S/C18H18BNO2/c1-11-8-14(9-12(2)18(11)20-5)22-17-7-6-16-15(13(17)3)10-21-19(16)4/h6-9H,10H2,1-4H3/i10D. The quantitative estimate of drug-likeness (QED) is 0.608. The zero-order valence-electron chi connectivity index (χ0n) is 14.2. The van der Waals surface area contributed by atoms with E-state index in [1.807, 2.05) is 51.9 Å². The summed E-state index contributed by atoms with van der Waals surface area (Å²) in [5.41, 5.74) is 5.40. The first-order chi connectivity index (χ1) is 10.9. The van der Waals surface area contributed by atoms with Gasteiger partial charge in [0, 0.05) is 0 Å². The summed E-state index contributed by atoms with van der Waals surface area (Å²) in [6, 6.07) is 7.66. The first-order valence-corrected chi connectivity index (χ1v) is 7.30. The van der Waals surface area contributed by atoms with Crippen molar-refractivity contribution in [2.75, 3.05) is 0 Å². The molecule has 110 valence electrons. The summed E-state index contributed by atoms with van der Waals surface area (Å²) in [7, 11) is 0. The number of rotatable bonds is 2. The van der Waals surface area contributed by atoms with E-state index in [0.717, 1.165) is 33.5 Å². The Morgan fingerprint density at radius 1 is 1.27 bits per heavy atom. The minimum absolute atomic E-state index is 0.0531. The Morgan fingerprint density at radius 2 is 1.95 bits per heavy atom. The maximum atomic E-state index is 8.07. The van der Waals surface area contributed by atoms with Crippen LogP contribution in [0.15, 0.2) is 24.3 Å². The molecule has 0 radical (unpaired) electrons. The Morgan fingerprint density at radius 3 is 2.59 bits per heavy atom. The third kappa shape index (κ3) is 2.38. The minimum atomic E-state index is -0.656. The van der Waals surface area contributed by atoms with E-state index in [0.29, 0.717) is 11.4 Å². The highest BCUT2D eigenvalue weighted by atomic mass is 16.5. The fourth-order valence-electron chi connectivity index (χ4n) is 2.87. The van der Waals surface area contributed by atoms with Gasteiger partial charge in [0.05, 0.1) is 14.5 Å². The highest BCUT2D eigenvalue weighted by molar-refractivity contribution is 6.67. The highest BCUT2D eigenvalue weighted by Crippen LogP contribution is 2.33. The Labute approximate surface area is 133 Å². The molecule has 0 N–H and O–H groups in total. The number of fused-ring (bicyclic) bond motifs is 1. The summed E-state index contributed by atoms with van der Waals surface area (Å²) in [5.74, 6) is 1.44. The SMILES string of the molecule is [2H]C1OB(C)c2ccc(Oc3cc(C)c([N+]#[C-])c(C)c3)c(C)c21. The number of benzene rings is 2. The predicted octanol–water partition coefficient (Wildman–Crippen LogP) is 4.31. The number of aryl methyl sites for hydroxylation is 2. The van der Waals surface area contributed by atoms with Gasteiger partial charge >= 0.3 is 6.92 Å². The fraction of sp³-hybridized carbons (Fsp3) is 0.278. The lowest BCUT2D eigenvalue weighted by molar-refractivity contribution is 0.332. The third-order valence-electron chi connectivity index (χ3n) is 4.13. The smallest absolute Gasteiger partial charge is 0.324 e. The average molecular weight is 292 g/mol. The molecule has 1 heterocycles. The van der Waals surface area contributed by atoms with Crippen molar-refractivity contribution in [2.24, 2.45) is 0 Å². The zero-order valence-corrected chi connectivity index (χ0v) is 13.2. The molecule has 22 heavy (non-hydrogen) atoms. The van der Waals surface area contributed by atoms with E-state index < -0.39 is 6.58 Å². The van der Waals surface area contributed by atoms with Crippen LogP contribution in [-0.4, -0.2) is 6.92 Å². The molecule has 1 aliphatic heterocycles. The van der Waals surface area contributed by atoms with E-state index in [-0.39, 0.29) is 6.92 Å². The summed E-state index contributed by atoms with van der Waals surface area (Å²) in [5, 5.41) is 0. The molecule has 3 nitrogen and oxygen atoms in total. The number of hydrogen-bond acceptors (Lipinski definition) is 2. The van der Waals surface area contributed by atoms with Crippen molar-refractivity contribution < 1.29 is 10.8 Å². The van der Waals surface area contributed by atoms with Crippen molar-refractivity contribution >= 4 is 18.1 Å². The van der Waals surface area contributed by atoms with Crippen LogP contribution in [0.3, 0.4) is 0 Å². The topological polar surface area (TPSA) is 22.8 Å². The first kappa shape index (κ1) is 13.4. The largest absolute Gasteiger partial charge is 0.457 e. The first-order valence-electron chi connectivity index (χ1n) is 7.87. The molecule has 0 saturated carbocycles. The minimum Gasteiger partial charge on any atom is -0.457 e. The highest BCUT2D eigenvalue weighted by Gasteiger charge is 2.26. The lowest BCUT2D eigenvalue weighted by Crippen LogP contribution is -2.24. The molecule has 1 aliphatic rings. The summed E-state index contributed by atoms with van der Waals surface area (Å²) < 4.78 is 19.7. The lowest BCUT2D eigenvalue weighted by atomic mass is 9.64. The molecule has 0 spiro atoms. The molecule has 0 fully saturated rings. The van der Waals surface area contributed by atoms with Crippen LogP contribution in [0, 0.1) is 27.3 Å². The van der Waals surface area contributed by atoms with Gasteiger partial charge in [-0.15, -0.1) is 0 Å². The second-order valence-electron chi connectivity index (χ2n) is 5.71. The zero-order chi connectivity index (χ0) is 16.7. The van der Waals surface area contributed by atoms with Crippen LogP contribution in [-0.2, 0) is 11.2 Å². The van der Waals surface area contributed by atoms with Crippen molar-refractivity contribution in [2.45, 2.75) is 34.2 Å². The Balaban J connectivity index is 2.00. The van der Waals surface area contributed by atoms with Crippen molar-refractivity contribution in [3.05, 3.63) is 57.9 Å². The van der Waals surface area contributed by atoms with Gasteiger partial charge in [-0.05, 0) is 66.7 Å². The van der Waals surface area contributed by atoms with Gasteiger partial charge in [-0.25, -0.2) is 4.85 Å². The molecule has 0 saturated heterocycles. The van der Waals surface area contributed by atoms with Crippen molar-refractivity contribution in [3.8, 4) is 11.5 Å². The number of hydrogen-bond donors (Lipinski definition) is 0. The predicted molar refractivity (Wildman–Crippen MR) is 89.5 cm³/mol. The van der Waals surface area contributed by atoms with Crippen LogP contribution >= 0.6 is 0 Å². The average Bonchev–Trinajstić information content (AvgIpc) is 2.77. The molecule has 0 bridgehead atoms. The summed E-state index contributed by atoms with van der Waals surface area (Å²) in [6.07, 6.45) is 0. The number of ether oxygens (including phenoxy) is 1. The van der Waals surface area contributed by atoms with Gasteiger partial charge in [-0.3, -0.25) is 0 Å². The normalized spacial score (nSPS) is 17.0. The maximum Gasteiger partial charge on any atom is 0.324 e. The number of nitrogens with zero attached hydrogens (tertiary/aromatic N) is 1. The second-order valence-corrected chi connectivity index (χ2v) is 5.71. The lowest BCUT2D eigenvalue weighted by Gasteiger charge is -2.14. The van der Waals surface area contributed by atoms with Gasteiger partial charge in [-0.1, -0.05) is 12.9 Å². The van der Waals surface area contributed by atoms with Crippen LogP contribution in [0.5, 0.6) is 11.5 Å². The van der Waals surface area contributed by atoms with Crippen molar-refractivity contribution in [1.82, 2.24) is 0 Å². The molecule has 0 aromatic heterocycles. The third-order valence-corrected chi connectivity index (χ3v) is 4.13. The van der Waals surface area contributed by atoms with Crippen molar-refractivity contribution in [1.29, 1.82) is 0 Å². The van der Waals surface area contributed by atoms with Crippen LogP contribution in [0.4, 0.5) is 5.69 Å². The molecular weight excluding hydrogens is 273 g/mol. The molecule has 2 aromatic rings. The van der Waals surface area contributed by atoms with Gasteiger partial charge in [0.1, 0.15) is 11.5 Å². The van der Waals surface area contributed by atoms with Gasteiger partial charge in [0.15, 0.2) is 5.69 Å². The van der Waals surface area contributed by atoms with E-state index >= 15 is 0 Å². The Bertz CT molecular complexity index is 805. The van der Waals surface area contributed by atoms with Gasteiger partial charge in [0.2, 0.25) is 0 Å². The molecular formula is C18H18BNO2. The molecule has 1 unspecified atom stereocenters. The fourth-order valence-corrected chi connectivity index (χ4v) is 2.87. The van der Waals surface area contributed by atoms with Crippen LogP contribution in [0.1, 0.15) is 23.6 Å². The van der Waals surface area contributed by atoms with Crippen LogP contribution < -0.4 is 10.2 Å². The molecule has 3 rings (SSSR count). The molecule has 0 amide bonds. The molecule has 4 heteroatoms. The van der Waals surface area contributed by atoms with E-state index in [4.69, 9.17) is 17.3 Å². The van der Waals surface area contributed by atoms with E-state index in [1.54, 1.807) is 0 Å². The van der Waals surface area contributed by atoms with Gasteiger partial charge in [0.25, 0.3) is 0 Å². The summed E-state index contributed by atoms with van der Waals surface area (Å²) in [6.45, 7) is 14.3. The van der Waals surface area contributed by atoms with E-state index in [2.05, 4.69) is 4.85 Å². The van der Waals surface area contributed by atoms with Gasteiger partial charge < -0.3 is 9.39 Å². The Kier molecular flexibility index (Phi) is 3.36. The van der Waals surface area contributed by atoms with Gasteiger partial charge in [-0.2, -0.15) is 0 Å². The maximum absolute atomic E-state index is 8.07. The van der Waals surface area contributed by atoms with Crippen LogP contribution in [0.25, 0.3) is 4.85 Å². The Hall–Kier alpha value is -2.25. The monoisotopic (exact) mass is 292 g/mol. The molecule has 0 aliphatic carbocycles.